The van der Waals surface area contributed by atoms with Gasteiger partial charge in [-0.1, -0.05) is 0 Å². The smallest absolute Gasteiger partial charge is 0.319 e. The van der Waals surface area contributed by atoms with Gasteiger partial charge in [0.05, 0.1) is 11.6 Å². The van der Waals surface area contributed by atoms with Gasteiger partial charge in [0.25, 0.3) is 0 Å². The van der Waals surface area contributed by atoms with Crippen molar-refractivity contribution in [2.45, 2.75) is 0 Å². The lowest BCUT2D eigenvalue weighted by Gasteiger charge is -1.98. The first kappa shape index (κ1) is 7.66. The molecule has 0 saturated heterocycles. The number of aromatic hydroxyl groups is 2. The first-order valence-corrected chi connectivity index (χ1v) is 3.38. The SMILES string of the molecule is Oc1nc(O)c2cc(F)cnc2n1. The second-order valence-electron chi connectivity index (χ2n) is 2.37. The normalized spacial score (nSPS) is 10.5. The number of halogens is 1. The van der Waals surface area contributed by atoms with Crippen molar-refractivity contribution < 1.29 is 14.6 Å². The molecule has 66 valence electrons. The summed E-state index contributed by atoms with van der Waals surface area (Å²) in [6.45, 7) is 0. The number of rotatable bonds is 0. The summed E-state index contributed by atoms with van der Waals surface area (Å²) in [5.41, 5.74) is 0.0476. The van der Waals surface area contributed by atoms with Gasteiger partial charge >= 0.3 is 6.01 Å². The van der Waals surface area contributed by atoms with Gasteiger partial charge in [-0.15, -0.1) is 0 Å². The van der Waals surface area contributed by atoms with Crippen molar-refractivity contribution in [1.29, 1.82) is 0 Å². The highest BCUT2D eigenvalue weighted by molar-refractivity contribution is 5.79. The number of hydrogen-bond donors (Lipinski definition) is 2. The van der Waals surface area contributed by atoms with Gasteiger partial charge in [-0.25, -0.2) is 9.37 Å². The van der Waals surface area contributed by atoms with E-state index in [2.05, 4.69) is 15.0 Å². The predicted octanol–water partition coefficient (Wildman–Crippen LogP) is 0.575. The molecular formula is C7H4FN3O2. The van der Waals surface area contributed by atoms with Gasteiger partial charge < -0.3 is 10.2 Å². The molecule has 0 amide bonds. The van der Waals surface area contributed by atoms with Crippen LogP contribution in [-0.2, 0) is 0 Å². The average molecular weight is 181 g/mol. The lowest BCUT2D eigenvalue weighted by Crippen LogP contribution is -1.89. The fourth-order valence-electron chi connectivity index (χ4n) is 0.960. The van der Waals surface area contributed by atoms with E-state index in [4.69, 9.17) is 10.2 Å². The molecule has 2 heterocycles. The minimum atomic E-state index is -0.600. The minimum absolute atomic E-state index is 0.0476. The van der Waals surface area contributed by atoms with Crippen LogP contribution in [0, 0.1) is 5.82 Å². The molecular weight excluding hydrogens is 177 g/mol. The third-order valence-electron chi connectivity index (χ3n) is 1.49. The zero-order chi connectivity index (χ0) is 9.42. The summed E-state index contributed by atoms with van der Waals surface area (Å²) in [5, 5.41) is 18.1. The van der Waals surface area contributed by atoms with Gasteiger partial charge in [-0.05, 0) is 6.07 Å². The molecule has 2 N–H and O–H groups in total. The lowest BCUT2D eigenvalue weighted by molar-refractivity contribution is 0.403. The van der Waals surface area contributed by atoms with Gasteiger partial charge in [0.2, 0.25) is 5.88 Å². The summed E-state index contributed by atoms with van der Waals surface area (Å²) >= 11 is 0. The molecule has 0 radical (unpaired) electrons. The molecule has 2 aromatic rings. The number of nitrogens with zero attached hydrogens (tertiary/aromatic N) is 3. The van der Waals surface area contributed by atoms with E-state index < -0.39 is 17.7 Å². The third-order valence-corrected chi connectivity index (χ3v) is 1.49. The topological polar surface area (TPSA) is 79.1 Å². The quantitative estimate of drug-likeness (QED) is 0.621. The second kappa shape index (κ2) is 2.51. The van der Waals surface area contributed by atoms with Crippen molar-refractivity contribution in [3.05, 3.63) is 18.1 Å². The summed E-state index contributed by atoms with van der Waals surface area (Å²) in [6.07, 6.45) is 0.939. The molecule has 0 aromatic carbocycles. The highest BCUT2D eigenvalue weighted by atomic mass is 19.1. The van der Waals surface area contributed by atoms with E-state index in [9.17, 15) is 4.39 Å². The molecule has 0 atom stereocenters. The van der Waals surface area contributed by atoms with Crippen LogP contribution in [0.4, 0.5) is 4.39 Å². The van der Waals surface area contributed by atoms with Crippen LogP contribution in [0.1, 0.15) is 0 Å². The van der Waals surface area contributed by atoms with Crippen molar-refractivity contribution in [1.82, 2.24) is 15.0 Å². The van der Waals surface area contributed by atoms with Crippen LogP contribution in [0.3, 0.4) is 0 Å². The molecule has 0 fully saturated rings. The fourth-order valence-corrected chi connectivity index (χ4v) is 0.960. The zero-order valence-electron chi connectivity index (χ0n) is 6.27. The van der Waals surface area contributed by atoms with Crippen LogP contribution in [0.25, 0.3) is 11.0 Å². The van der Waals surface area contributed by atoms with Crippen molar-refractivity contribution in [2.75, 3.05) is 0 Å². The molecule has 13 heavy (non-hydrogen) atoms. The molecule has 0 bridgehead atoms. The molecule has 0 spiro atoms. The molecule has 0 unspecified atom stereocenters. The van der Waals surface area contributed by atoms with E-state index in [-0.39, 0.29) is 11.0 Å². The average Bonchev–Trinajstić information content (AvgIpc) is 2.06. The van der Waals surface area contributed by atoms with Gasteiger partial charge in [0, 0.05) is 0 Å². The largest absolute Gasteiger partial charge is 0.493 e. The highest BCUT2D eigenvalue weighted by Crippen LogP contribution is 2.21. The Kier molecular flexibility index (Phi) is 1.48. The molecule has 0 aliphatic carbocycles. The first-order chi connectivity index (χ1) is 6.16. The molecule has 5 nitrogen and oxygen atoms in total. The summed E-state index contributed by atoms with van der Waals surface area (Å²) < 4.78 is 12.6. The highest BCUT2D eigenvalue weighted by Gasteiger charge is 2.07. The fraction of sp³-hybridized carbons (Fsp3) is 0. The van der Waals surface area contributed by atoms with Crippen molar-refractivity contribution >= 4 is 11.0 Å². The molecule has 0 aliphatic heterocycles. The Morgan fingerprint density at radius 2 is 2.00 bits per heavy atom. The van der Waals surface area contributed by atoms with Crippen LogP contribution in [-0.4, -0.2) is 25.2 Å². The standard InChI is InChI=1S/C7H4FN3O2/c8-3-1-4-5(9-2-3)10-7(13)11-6(4)12/h1-2H,(H2,9,10,11,12,13). The summed E-state index contributed by atoms with van der Waals surface area (Å²) in [4.78, 5) is 10.3. The van der Waals surface area contributed by atoms with E-state index in [1.54, 1.807) is 0 Å². The first-order valence-electron chi connectivity index (χ1n) is 3.38. The van der Waals surface area contributed by atoms with E-state index in [0.717, 1.165) is 12.3 Å². The Bertz CT molecular complexity index is 474. The third kappa shape index (κ3) is 1.22. The van der Waals surface area contributed by atoms with Gasteiger partial charge in [0.1, 0.15) is 5.82 Å². The lowest BCUT2D eigenvalue weighted by atomic mass is 10.3. The van der Waals surface area contributed by atoms with Gasteiger partial charge in [-0.3, -0.25) is 0 Å². The maximum Gasteiger partial charge on any atom is 0.319 e. The van der Waals surface area contributed by atoms with E-state index in [1.165, 1.54) is 0 Å². The Morgan fingerprint density at radius 3 is 2.77 bits per heavy atom. The maximum atomic E-state index is 12.6. The van der Waals surface area contributed by atoms with Crippen LogP contribution >= 0.6 is 0 Å². The van der Waals surface area contributed by atoms with Crippen LogP contribution < -0.4 is 0 Å². The van der Waals surface area contributed by atoms with Gasteiger partial charge in [-0.2, -0.15) is 9.97 Å². The van der Waals surface area contributed by atoms with Gasteiger partial charge in [0.15, 0.2) is 5.65 Å². The molecule has 2 aromatic heterocycles. The summed E-state index contributed by atoms with van der Waals surface area (Å²) in [5.74, 6) is -1.09. The molecule has 2 rings (SSSR count). The Labute approximate surface area is 71.5 Å². The van der Waals surface area contributed by atoms with Crippen LogP contribution in [0.5, 0.6) is 11.9 Å². The summed E-state index contributed by atoms with van der Waals surface area (Å²) in [7, 11) is 0. The number of aromatic nitrogens is 3. The molecule has 0 aliphatic rings. The maximum absolute atomic E-state index is 12.6. The summed E-state index contributed by atoms with van der Waals surface area (Å²) in [6, 6.07) is 0.445. The minimum Gasteiger partial charge on any atom is -0.493 e. The number of pyridine rings is 1. The van der Waals surface area contributed by atoms with Crippen molar-refractivity contribution in [3.63, 3.8) is 0 Å². The van der Waals surface area contributed by atoms with Crippen LogP contribution in [0.2, 0.25) is 0 Å². The number of fused-ring (bicyclic) bond motifs is 1. The van der Waals surface area contributed by atoms with Crippen LogP contribution in [0.15, 0.2) is 12.3 Å². The Balaban J connectivity index is 2.87. The molecule has 0 saturated carbocycles. The van der Waals surface area contributed by atoms with E-state index in [0.29, 0.717) is 0 Å². The van der Waals surface area contributed by atoms with Crippen molar-refractivity contribution in [2.24, 2.45) is 0 Å². The van der Waals surface area contributed by atoms with E-state index in [1.807, 2.05) is 0 Å². The zero-order valence-corrected chi connectivity index (χ0v) is 6.27. The Hall–Kier alpha value is -1.98. The predicted molar refractivity (Wildman–Crippen MR) is 40.6 cm³/mol. The van der Waals surface area contributed by atoms with E-state index >= 15 is 0 Å². The second-order valence-corrected chi connectivity index (χ2v) is 2.37. The molecule has 6 heteroatoms. The Morgan fingerprint density at radius 1 is 1.23 bits per heavy atom. The number of hydrogen-bond acceptors (Lipinski definition) is 5. The monoisotopic (exact) mass is 181 g/mol. The van der Waals surface area contributed by atoms with Crippen molar-refractivity contribution in [3.8, 4) is 11.9 Å².